The lowest BCUT2D eigenvalue weighted by Gasteiger charge is -2.04. The minimum Gasteiger partial charge on any atom is -0.477 e. The largest absolute Gasteiger partial charge is 0.477 e. The van der Waals surface area contributed by atoms with Gasteiger partial charge in [-0.1, -0.05) is 29.8 Å². The minimum absolute atomic E-state index is 0.0421. The molecule has 0 saturated carbocycles. The average Bonchev–Trinajstić information content (AvgIpc) is 2.80. The summed E-state index contributed by atoms with van der Waals surface area (Å²) < 4.78 is 3.79. The highest BCUT2D eigenvalue weighted by Crippen LogP contribution is 2.21. The van der Waals surface area contributed by atoms with Crippen LogP contribution in [0, 0.1) is 6.92 Å². The number of carbonyl (C=O) groups is 2. The lowest BCUT2D eigenvalue weighted by Crippen LogP contribution is -2.24. The number of nitrogens with one attached hydrogen (secondary N) is 1. The van der Waals surface area contributed by atoms with Gasteiger partial charge in [0.2, 0.25) is 0 Å². The van der Waals surface area contributed by atoms with Crippen molar-refractivity contribution < 1.29 is 14.7 Å². The van der Waals surface area contributed by atoms with Gasteiger partial charge in [0.05, 0.1) is 5.69 Å². The van der Waals surface area contributed by atoms with Crippen molar-refractivity contribution in [3.8, 4) is 0 Å². The number of aromatic carboxylic acids is 1. The van der Waals surface area contributed by atoms with E-state index in [1.807, 2.05) is 31.2 Å². The molecule has 0 unspecified atom stereocenters. The Balaban J connectivity index is 2.05. The van der Waals surface area contributed by atoms with Gasteiger partial charge in [-0.2, -0.15) is 4.37 Å². The van der Waals surface area contributed by atoms with Gasteiger partial charge in [-0.3, -0.25) is 4.79 Å². The van der Waals surface area contributed by atoms with Crippen molar-refractivity contribution in [2.75, 3.05) is 5.73 Å². The van der Waals surface area contributed by atoms with E-state index in [1.165, 1.54) is 0 Å². The first-order chi connectivity index (χ1) is 9.49. The van der Waals surface area contributed by atoms with Gasteiger partial charge in [0.1, 0.15) is 0 Å². The highest BCUT2D eigenvalue weighted by Gasteiger charge is 2.21. The van der Waals surface area contributed by atoms with Crippen LogP contribution in [-0.4, -0.2) is 21.4 Å². The van der Waals surface area contributed by atoms with E-state index in [4.69, 9.17) is 10.8 Å². The summed E-state index contributed by atoms with van der Waals surface area (Å²) >= 11 is 0.701. The van der Waals surface area contributed by atoms with Crippen LogP contribution in [0.25, 0.3) is 0 Å². The Bertz CT molecular complexity index is 649. The van der Waals surface area contributed by atoms with Crippen molar-refractivity contribution in [2.45, 2.75) is 13.5 Å². The van der Waals surface area contributed by atoms with Crippen molar-refractivity contribution >= 4 is 29.1 Å². The summed E-state index contributed by atoms with van der Waals surface area (Å²) in [5.41, 5.74) is 7.54. The predicted molar refractivity (Wildman–Crippen MR) is 75.8 cm³/mol. The molecule has 1 aromatic carbocycles. The third-order valence-electron chi connectivity index (χ3n) is 2.71. The monoisotopic (exact) mass is 291 g/mol. The maximum absolute atomic E-state index is 11.9. The number of carboxylic acids is 1. The summed E-state index contributed by atoms with van der Waals surface area (Å²) in [7, 11) is 0. The lowest BCUT2D eigenvalue weighted by molar-refractivity contribution is 0.0703. The molecular formula is C13H13N3O3S. The number of benzene rings is 1. The van der Waals surface area contributed by atoms with E-state index < -0.39 is 11.9 Å². The van der Waals surface area contributed by atoms with Gasteiger partial charge in [-0.25, -0.2) is 4.79 Å². The van der Waals surface area contributed by atoms with Gasteiger partial charge >= 0.3 is 5.97 Å². The van der Waals surface area contributed by atoms with Crippen LogP contribution in [0.5, 0.6) is 0 Å². The van der Waals surface area contributed by atoms with Crippen LogP contribution in [0.4, 0.5) is 5.69 Å². The normalized spacial score (nSPS) is 10.2. The summed E-state index contributed by atoms with van der Waals surface area (Å²) in [6.45, 7) is 2.31. The summed E-state index contributed by atoms with van der Waals surface area (Å²) in [4.78, 5) is 22.6. The number of aromatic nitrogens is 1. The zero-order valence-corrected chi connectivity index (χ0v) is 11.5. The van der Waals surface area contributed by atoms with E-state index in [9.17, 15) is 9.59 Å². The first-order valence-corrected chi connectivity index (χ1v) is 6.58. The van der Waals surface area contributed by atoms with E-state index in [1.54, 1.807) is 0 Å². The van der Waals surface area contributed by atoms with Crippen LogP contribution in [0.1, 0.15) is 31.3 Å². The van der Waals surface area contributed by atoms with Crippen molar-refractivity contribution in [1.29, 1.82) is 0 Å². The van der Waals surface area contributed by atoms with E-state index >= 15 is 0 Å². The number of rotatable bonds is 4. The Hall–Kier alpha value is -2.41. The van der Waals surface area contributed by atoms with Gasteiger partial charge in [0, 0.05) is 6.54 Å². The number of carboxylic acid groups (broad SMARTS) is 1. The molecule has 1 aromatic heterocycles. The second-order valence-corrected chi connectivity index (χ2v) is 5.02. The number of nitrogen functional groups attached to an aromatic ring is 1. The highest BCUT2D eigenvalue weighted by atomic mass is 32.1. The van der Waals surface area contributed by atoms with Gasteiger partial charge in [0.15, 0.2) is 10.6 Å². The maximum Gasteiger partial charge on any atom is 0.349 e. The summed E-state index contributed by atoms with van der Waals surface area (Å²) in [5.74, 6) is -1.66. The van der Waals surface area contributed by atoms with Crippen LogP contribution in [0.3, 0.4) is 0 Å². The molecule has 2 rings (SSSR count). The molecule has 0 aliphatic carbocycles. The SMILES string of the molecule is Cc1ccc(CNC(=O)c2nsc(C(=O)O)c2N)cc1. The lowest BCUT2D eigenvalue weighted by atomic mass is 10.1. The fourth-order valence-corrected chi connectivity index (χ4v) is 2.22. The van der Waals surface area contributed by atoms with Gasteiger partial charge in [-0.05, 0) is 24.0 Å². The van der Waals surface area contributed by atoms with E-state index in [-0.39, 0.29) is 16.3 Å². The van der Waals surface area contributed by atoms with Gasteiger partial charge in [-0.15, -0.1) is 0 Å². The van der Waals surface area contributed by atoms with E-state index in [0.717, 1.165) is 11.1 Å². The molecule has 6 nitrogen and oxygen atoms in total. The Morgan fingerprint density at radius 1 is 1.35 bits per heavy atom. The molecule has 0 atom stereocenters. The second-order valence-electron chi connectivity index (χ2n) is 4.25. The number of hydrogen-bond donors (Lipinski definition) is 3. The topological polar surface area (TPSA) is 105 Å². The molecule has 4 N–H and O–H groups in total. The second kappa shape index (κ2) is 5.70. The molecule has 1 heterocycles. The first-order valence-electron chi connectivity index (χ1n) is 5.81. The minimum atomic E-state index is -1.18. The van der Waals surface area contributed by atoms with Crippen LogP contribution < -0.4 is 11.1 Å². The quantitative estimate of drug-likeness (QED) is 0.794. The molecule has 0 saturated heterocycles. The zero-order chi connectivity index (χ0) is 14.7. The number of amides is 1. The number of carbonyl (C=O) groups excluding carboxylic acids is 1. The Morgan fingerprint density at radius 3 is 2.55 bits per heavy atom. The molecule has 104 valence electrons. The molecule has 0 fully saturated rings. The molecule has 0 bridgehead atoms. The molecule has 0 radical (unpaired) electrons. The number of anilines is 1. The third-order valence-corrected chi connectivity index (χ3v) is 3.56. The molecule has 0 spiro atoms. The Morgan fingerprint density at radius 2 is 2.00 bits per heavy atom. The molecule has 20 heavy (non-hydrogen) atoms. The van der Waals surface area contributed by atoms with Gasteiger partial charge < -0.3 is 16.2 Å². The Labute approximate surface area is 119 Å². The fourth-order valence-electron chi connectivity index (χ4n) is 1.59. The number of hydrogen-bond acceptors (Lipinski definition) is 5. The zero-order valence-electron chi connectivity index (χ0n) is 10.7. The number of nitrogens with two attached hydrogens (primary N) is 1. The summed E-state index contributed by atoms with van der Waals surface area (Å²) in [5, 5.41) is 11.5. The van der Waals surface area contributed by atoms with Crippen LogP contribution in [0.15, 0.2) is 24.3 Å². The highest BCUT2D eigenvalue weighted by molar-refractivity contribution is 7.08. The third kappa shape index (κ3) is 2.94. The van der Waals surface area contributed by atoms with Gasteiger partial charge in [0.25, 0.3) is 5.91 Å². The van der Waals surface area contributed by atoms with Crippen molar-refractivity contribution in [3.63, 3.8) is 0 Å². The number of aryl methyl sites for hydroxylation is 1. The smallest absolute Gasteiger partial charge is 0.349 e. The van der Waals surface area contributed by atoms with Crippen molar-refractivity contribution in [2.24, 2.45) is 0 Å². The average molecular weight is 291 g/mol. The molecule has 2 aromatic rings. The fraction of sp³-hybridized carbons (Fsp3) is 0.154. The van der Waals surface area contributed by atoms with E-state index in [0.29, 0.717) is 18.1 Å². The molecule has 1 amide bonds. The Kier molecular flexibility index (Phi) is 3.99. The first kappa shape index (κ1) is 14.0. The van der Waals surface area contributed by atoms with Crippen LogP contribution >= 0.6 is 11.5 Å². The molecule has 7 heteroatoms. The standard InChI is InChI=1S/C13H13N3O3S/c1-7-2-4-8(5-3-7)6-15-12(17)10-9(14)11(13(18)19)20-16-10/h2-5H,6,14H2,1H3,(H,15,17)(H,18,19). The molecular weight excluding hydrogens is 278 g/mol. The predicted octanol–water partition coefficient (Wildman–Crippen LogP) is 1.66. The van der Waals surface area contributed by atoms with Crippen molar-refractivity contribution in [3.05, 3.63) is 46.0 Å². The maximum atomic E-state index is 11.9. The summed E-state index contributed by atoms with van der Waals surface area (Å²) in [6.07, 6.45) is 0. The summed E-state index contributed by atoms with van der Waals surface area (Å²) in [6, 6.07) is 7.70. The molecule has 0 aliphatic rings. The van der Waals surface area contributed by atoms with Crippen molar-refractivity contribution in [1.82, 2.24) is 9.69 Å². The molecule has 0 aliphatic heterocycles. The van der Waals surface area contributed by atoms with E-state index in [2.05, 4.69) is 9.69 Å². The van der Waals surface area contributed by atoms with Crippen LogP contribution in [-0.2, 0) is 6.54 Å². The number of nitrogens with zero attached hydrogens (tertiary/aromatic N) is 1. The van der Waals surface area contributed by atoms with Crippen LogP contribution in [0.2, 0.25) is 0 Å².